The lowest BCUT2D eigenvalue weighted by atomic mass is 10.1. The normalized spacial score (nSPS) is 11.1. The van der Waals surface area contributed by atoms with Crippen molar-refractivity contribution in [1.29, 1.82) is 5.26 Å². The third kappa shape index (κ3) is 2.97. The Labute approximate surface area is 165 Å². The van der Waals surface area contributed by atoms with E-state index in [0.717, 1.165) is 6.07 Å². The monoisotopic (exact) mass is 388 g/mol. The van der Waals surface area contributed by atoms with E-state index in [-0.39, 0.29) is 5.56 Å². The second-order valence-corrected chi connectivity index (χ2v) is 6.69. The molecule has 0 saturated carbocycles. The van der Waals surface area contributed by atoms with Crippen LogP contribution in [0.2, 0.25) is 0 Å². The van der Waals surface area contributed by atoms with Crippen molar-refractivity contribution in [2.45, 2.75) is 6.54 Å². The number of nitrogens with zero attached hydrogens (tertiary/aromatic N) is 6. The zero-order valence-electron chi connectivity index (χ0n) is 15.6. The molecule has 0 unspecified atom stereocenters. The van der Waals surface area contributed by atoms with Crippen molar-refractivity contribution >= 4 is 41.8 Å². The third-order valence-electron chi connectivity index (χ3n) is 4.63. The molecule has 10 heteroatoms. The van der Waals surface area contributed by atoms with Gasteiger partial charge in [-0.15, -0.1) is 0 Å². The molecule has 0 bridgehead atoms. The van der Waals surface area contributed by atoms with Gasteiger partial charge in [0.2, 0.25) is 7.98 Å². The fourth-order valence-corrected chi connectivity index (χ4v) is 3.48. The van der Waals surface area contributed by atoms with Crippen molar-refractivity contribution in [3.63, 3.8) is 0 Å². The predicted molar refractivity (Wildman–Crippen MR) is 106 cm³/mol. The van der Waals surface area contributed by atoms with Gasteiger partial charge >= 0.3 is 5.97 Å². The molecule has 0 aliphatic carbocycles. The molecular weight excluding hydrogens is 374 g/mol. The maximum Gasteiger partial charge on any atom is 0.323 e. The highest BCUT2D eigenvalue weighted by atomic mass is 19.1. The van der Waals surface area contributed by atoms with Crippen molar-refractivity contribution in [3.8, 4) is 17.3 Å². The van der Waals surface area contributed by atoms with Crippen LogP contribution in [0.3, 0.4) is 0 Å². The summed E-state index contributed by atoms with van der Waals surface area (Å²) in [4.78, 5) is 21.8. The summed E-state index contributed by atoms with van der Waals surface area (Å²) in [5.41, 5.74) is 2.57. The van der Waals surface area contributed by atoms with Gasteiger partial charge in [-0.1, -0.05) is 0 Å². The fraction of sp³-hybridized carbons (Fsp3) is 0.158. The lowest BCUT2D eigenvalue weighted by Gasteiger charge is -2.14. The van der Waals surface area contributed by atoms with E-state index in [9.17, 15) is 19.6 Å². The van der Waals surface area contributed by atoms with Crippen LogP contribution in [0.4, 0.5) is 10.2 Å². The molecule has 0 fully saturated rings. The number of imidazole rings is 1. The molecule has 8 nitrogen and oxygen atoms in total. The molecule has 0 aliphatic heterocycles. The molecule has 1 N–H and O–H groups in total. The standard InChI is InChI=1S/C19H14BFN6O2/c1-25-9-23-16-17(25)13-6-14(11-3-10(7-22)4-12(21)5-11)27(8-15(28)29)18(13)24-19(16)26(2)20/h3-6,9H,8H2,1-2H3,(H,28,29). The van der Waals surface area contributed by atoms with Crippen LogP contribution in [0.25, 0.3) is 33.3 Å². The Balaban J connectivity index is 2.14. The zero-order valence-corrected chi connectivity index (χ0v) is 15.6. The minimum atomic E-state index is -1.09. The third-order valence-corrected chi connectivity index (χ3v) is 4.63. The van der Waals surface area contributed by atoms with E-state index < -0.39 is 18.3 Å². The van der Waals surface area contributed by atoms with Crippen LogP contribution < -0.4 is 4.81 Å². The average molecular weight is 388 g/mol. The molecule has 0 spiro atoms. The minimum absolute atomic E-state index is 0.133. The van der Waals surface area contributed by atoms with E-state index in [0.29, 0.717) is 39.1 Å². The number of carboxylic acid groups (broad SMARTS) is 1. The van der Waals surface area contributed by atoms with Crippen molar-refractivity contribution in [2.24, 2.45) is 7.05 Å². The van der Waals surface area contributed by atoms with Gasteiger partial charge < -0.3 is 19.1 Å². The molecule has 3 heterocycles. The quantitative estimate of drug-likeness (QED) is 0.538. The van der Waals surface area contributed by atoms with Crippen LogP contribution in [0.5, 0.6) is 0 Å². The second-order valence-electron chi connectivity index (χ2n) is 6.69. The number of carbonyl (C=O) groups is 1. The molecule has 0 saturated heterocycles. The first-order valence-electron chi connectivity index (χ1n) is 8.55. The van der Waals surface area contributed by atoms with E-state index in [1.54, 1.807) is 31.1 Å². The number of carboxylic acids is 1. The molecule has 3 aromatic heterocycles. The number of anilines is 1. The number of hydrogen-bond donors (Lipinski definition) is 1. The smallest absolute Gasteiger partial charge is 0.323 e. The molecule has 142 valence electrons. The topological polar surface area (TPSA) is 100.0 Å². The zero-order chi connectivity index (χ0) is 20.9. The Morgan fingerprint density at radius 3 is 2.79 bits per heavy atom. The van der Waals surface area contributed by atoms with E-state index >= 15 is 0 Å². The summed E-state index contributed by atoms with van der Waals surface area (Å²) in [7, 11) is 9.33. The first-order chi connectivity index (χ1) is 13.8. The molecule has 4 aromatic rings. The van der Waals surface area contributed by atoms with Crippen LogP contribution in [0.1, 0.15) is 5.56 Å². The van der Waals surface area contributed by atoms with Crippen LogP contribution >= 0.6 is 0 Å². The first kappa shape index (κ1) is 18.5. The molecule has 0 aliphatic rings. The van der Waals surface area contributed by atoms with Gasteiger partial charge in [0.05, 0.1) is 29.2 Å². The number of pyridine rings is 1. The summed E-state index contributed by atoms with van der Waals surface area (Å²) in [6.45, 7) is -0.401. The van der Waals surface area contributed by atoms with Crippen molar-refractivity contribution in [1.82, 2.24) is 19.1 Å². The average Bonchev–Trinajstić information content (AvgIpc) is 3.21. The van der Waals surface area contributed by atoms with Gasteiger partial charge in [0, 0.05) is 18.0 Å². The van der Waals surface area contributed by atoms with Gasteiger partial charge in [-0.05, 0) is 31.3 Å². The van der Waals surface area contributed by atoms with Gasteiger partial charge in [-0.3, -0.25) is 4.79 Å². The molecule has 0 atom stereocenters. The highest BCUT2D eigenvalue weighted by Gasteiger charge is 2.21. The molecule has 0 amide bonds. The molecular formula is C19H14BFN6O2. The molecule has 2 radical (unpaired) electrons. The first-order valence-corrected chi connectivity index (χ1v) is 8.55. The summed E-state index contributed by atoms with van der Waals surface area (Å²) < 4.78 is 17.3. The van der Waals surface area contributed by atoms with Crippen molar-refractivity contribution in [3.05, 3.63) is 42.0 Å². The summed E-state index contributed by atoms with van der Waals surface area (Å²) in [6, 6.07) is 7.52. The fourth-order valence-electron chi connectivity index (χ4n) is 3.48. The van der Waals surface area contributed by atoms with Crippen LogP contribution in [-0.2, 0) is 18.4 Å². The minimum Gasteiger partial charge on any atom is -0.480 e. The number of benzene rings is 1. The number of aromatic nitrogens is 4. The lowest BCUT2D eigenvalue weighted by Crippen LogP contribution is -2.15. The summed E-state index contributed by atoms with van der Waals surface area (Å²) in [6.07, 6.45) is 1.61. The van der Waals surface area contributed by atoms with E-state index in [1.165, 1.54) is 21.5 Å². The predicted octanol–water partition coefficient (Wildman–Crippen LogP) is 2.21. The second kappa shape index (κ2) is 6.63. The Hall–Kier alpha value is -3.87. The number of aliphatic carboxylic acids is 1. The van der Waals surface area contributed by atoms with Gasteiger partial charge in [-0.2, -0.15) is 5.26 Å². The number of halogens is 1. The van der Waals surface area contributed by atoms with Gasteiger partial charge in [0.15, 0.2) is 0 Å². The number of hydrogen-bond acceptors (Lipinski definition) is 5. The number of rotatable bonds is 4. The van der Waals surface area contributed by atoms with Gasteiger partial charge in [0.1, 0.15) is 29.3 Å². The van der Waals surface area contributed by atoms with Gasteiger partial charge in [0.25, 0.3) is 0 Å². The maximum absolute atomic E-state index is 14.1. The van der Waals surface area contributed by atoms with E-state index in [4.69, 9.17) is 7.98 Å². The SMILES string of the molecule is [B]N(C)c1nc2c(cc(-c3cc(F)cc(C#N)c3)n2CC(=O)O)c2c1ncn2C. The number of fused-ring (bicyclic) bond motifs is 3. The van der Waals surface area contributed by atoms with Crippen molar-refractivity contribution < 1.29 is 14.3 Å². The summed E-state index contributed by atoms with van der Waals surface area (Å²) in [5, 5.41) is 19.3. The lowest BCUT2D eigenvalue weighted by molar-refractivity contribution is -0.137. The summed E-state index contributed by atoms with van der Waals surface area (Å²) >= 11 is 0. The molecule has 29 heavy (non-hydrogen) atoms. The van der Waals surface area contributed by atoms with Crippen molar-refractivity contribution in [2.75, 3.05) is 11.9 Å². The van der Waals surface area contributed by atoms with E-state index in [2.05, 4.69) is 9.97 Å². The Kier molecular flexibility index (Phi) is 4.23. The molecule has 4 rings (SSSR count). The maximum atomic E-state index is 14.1. The van der Waals surface area contributed by atoms with Crippen LogP contribution in [-0.4, -0.2) is 45.2 Å². The Bertz CT molecular complexity index is 1330. The highest BCUT2D eigenvalue weighted by molar-refractivity contribution is 6.20. The van der Waals surface area contributed by atoms with Crippen LogP contribution in [0.15, 0.2) is 30.6 Å². The number of aryl methyl sites for hydroxylation is 1. The number of nitriles is 1. The Morgan fingerprint density at radius 2 is 2.14 bits per heavy atom. The Morgan fingerprint density at radius 1 is 1.38 bits per heavy atom. The highest BCUT2D eigenvalue weighted by Crippen LogP contribution is 2.35. The summed E-state index contributed by atoms with van der Waals surface area (Å²) in [5.74, 6) is -1.30. The molecule has 1 aromatic carbocycles. The van der Waals surface area contributed by atoms with E-state index in [1.807, 2.05) is 6.07 Å². The van der Waals surface area contributed by atoms with Crippen LogP contribution in [0, 0.1) is 17.1 Å². The largest absolute Gasteiger partial charge is 0.480 e. The van der Waals surface area contributed by atoms with Gasteiger partial charge in [-0.25, -0.2) is 14.4 Å².